The van der Waals surface area contributed by atoms with Crippen LogP contribution in [0.15, 0.2) is 54.6 Å². The Morgan fingerprint density at radius 2 is 1.76 bits per heavy atom. The molecule has 0 saturated carbocycles. The largest absolute Gasteiger partial charge is 0.386 e. The Bertz CT molecular complexity index is 511. The Hall–Kier alpha value is -2.36. The summed E-state index contributed by atoms with van der Waals surface area (Å²) in [5, 5.41) is 0. The van der Waals surface area contributed by atoms with Crippen LogP contribution in [-0.4, -0.2) is 5.97 Å². The number of carbonyl (C=O) groups is 1. The van der Waals surface area contributed by atoms with Gasteiger partial charge in [0.15, 0.2) is 5.75 Å². The van der Waals surface area contributed by atoms with E-state index in [2.05, 4.69) is 4.89 Å². The lowest BCUT2D eigenvalue weighted by atomic mass is 10.2. The molecular formula is C13H9FO3. The van der Waals surface area contributed by atoms with Crippen molar-refractivity contribution in [1.82, 2.24) is 0 Å². The summed E-state index contributed by atoms with van der Waals surface area (Å²) in [5.41, 5.74) is 0.365. The van der Waals surface area contributed by atoms with E-state index in [1.807, 2.05) is 0 Å². The molecule has 2 rings (SSSR count). The van der Waals surface area contributed by atoms with Crippen LogP contribution in [0, 0.1) is 5.82 Å². The van der Waals surface area contributed by atoms with Gasteiger partial charge in [0.25, 0.3) is 0 Å². The topological polar surface area (TPSA) is 35.5 Å². The highest BCUT2D eigenvalue weighted by atomic mass is 19.1. The van der Waals surface area contributed by atoms with Crippen molar-refractivity contribution in [2.24, 2.45) is 0 Å². The Morgan fingerprint density at radius 1 is 1.00 bits per heavy atom. The van der Waals surface area contributed by atoms with Crippen molar-refractivity contribution in [3.05, 3.63) is 66.0 Å². The summed E-state index contributed by atoms with van der Waals surface area (Å²) < 4.78 is 12.8. The third kappa shape index (κ3) is 3.04. The molecule has 0 amide bonds. The number of rotatable bonds is 3. The Kier molecular flexibility index (Phi) is 3.35. The minimum atomic E-state index is -0.630. The molecule has 86 valence electrons. The molecule has 0 N–H and O–H groups in total. The molecule has 0 fully saturated rings. The Labute approximate surface area is 97.3 Å². The highest BCUT2D eigenvalue weighted by Gasteiger charge is 2.08. The summed E-state index contributed by atoms with van der Waals surface area (Å²) in [5.74, 6) is -0.956. The van der Waals surface area contributed by atoms with Gasteiger partial charge in [0.2, 0.25) is 0 Å². The zero-order chi connectivity index (χ0) is 12.1. The summed E-state index contributed by atoms with van der Waals surface area (Å²) in [7, 11) is 0. The minimum absolute atomic E-state index is 0.134. The van der Waals surface area contributed by atoms with Gasteiger partial charge in [-0.1, -0.05) is 24.3 Å². The van der Waals surface area contributed by atoms with Crippen molar-refractivity contribution < 1.29 is 19.0 Å². The van der Waals surface area contributed by atoms with Crippen LogP contribution in [0.1, 0.15) is 10.4 Å². The lowest BCUT2D eigenvalue weighted by Crippen LogP contribution is -2.08. The smallest absolute Gasteiger partial charge is 0.286 e. The van der Waals surface area contributed by atoms with Crippen LogP contribution >= 0.6 is 0 Å². The van der Waals surface area contributed by atoms with Crippen molar-refractivity contribution in [3.8, 4) is 5.75 Å². The van der Waals surface area contributed by atoms with Crippen LogP contribution in [-0.2, 0) is 4.89 Å². The number of carbonyl (C=O) groups excluding carboxylic acids is 1. The van der Waals surface area contributed by atoms with Crippen molar-refractivity contribution in [2.45, 2.75) is 0 Å². The van der Waals surface area contributed by atoms with Gasteiger partial charge in [0.1, 0.15) is 5.82 Å². The number of benzene rings is 2. The summed E-state index contributed by atoms with van der Waals surface area (Å²) in [4.78, 5) is 20.7. The third-order valence-corrected chi connectivity index (χ3v) is 2.02. The number of hydrogen-bond acceptors (Lipinski definition) is 3. The molecule has 4 heteroatoms. The first-order chi connectivity index (χ1) is 8.25. The van der Waals surface area contributed by atoms with Gasteiger partial charge in [-0.2, -0.15) is 0 Å². The maximum absolute atomic E-state index is 12.8. The molecule has 0 atom stereocenters. The molecule has 3 nitrogen and oxygen atoms in total. The van der Waals surface area contributed by atoms with Crippen molar-refractivity contribution >= 4 is 5.97 Å². The van der Waals surface area contributed by atoms with E-state index in [-0.39, 0.29) is 5.75 Å². The molecule has 0 aromatic heterocycles. The van der Waals surface area contributed by atoms with Gasteiger partial charge >= 0.3 is 5.97 Å². The molecule has 2 aromatic rings. The first kappa shape index (κ1) is 11.1. The second-order valence-electron chi connectivity index (χ2n) is 3.28. The fourth-order valence-corrected chi connectivity index (χ4v) is 1.23. The molecule has 0 aliphatic heterocycles. The molecule has 2 aromatic carbocycles. The second kappa shape index (κ2) is 5.12. The van der Waals surface area contributed by atoms with Gasteiger partial charge in [-0.05, 0) is 24.3 Å². The maximum atomic E-state index is 12.8. The summed E-state index contributed by atoms with van der Waals surface area (Å²) >= 11 is 0. The summed E-state index contributed by atoms with van der Waals surface area (Å²) in [6.07, 6.45) is 0. The molecule has 0 radical (unpaired) electrons. The molecule has 0 saturated heterocycles. The van der Waals surface area contributed by atoms with Crippen LogP contribution in [0.2, 0.25) is 0 Å². The van der Waals surface area contributed by atoms with E-state index in [9.17, 15) is 9.18 Å². The monoisotopic (exact) mass is 232 g/mol. The van der Waals surface area contributed by atoms with Gasteiger partial charge in [0.05, 0.1) is 5.56 Å². The van der Waals surface area contributed by atoms with Crippen LogP contribution in [0.5, 0.6) is 5.75 Å². The molecule has 0 bridgehead atoms. The second-order valence-corrected chi connectivity index (χ2v) is 3.28. The minimum Gasteiger partial charge on any atom is -0.286 e. The fraction of sp³-hybridized carbons (Fsp3) is 0. The van der Waals surface area contributed by atoms with Gasteiger partial charge < -0.3 is 0 Å². The fourth-order valence-electron chi connectivity index (χ4n) is 1.23. The van der Waals surface area contributed by atoms with E-state index >= 15 is 0 Å². The SMILES string of the molecule is O=C(OOc1cccc(F)c1)c1ccccc1. The first-order valence-corrected chi connectivity index (χ1v) is 4.95. The van der Waals surface area contributed by atoms with Crippen LogP contribution in [0.4, 0.5) is 4.39 Å². The zero-order valence-corrected chi connectivity index (χ0v) is 8.80. The van der Waals surface area contributed by atoms with E-state index in [0.717, 1.165) is 6.07 Å². The van der Waals surface area contributed by atoms with Gasteiger partial charge in [0, 0.05) is 6.07 Å². The highest BCUT2D eigenvalue weighted by Crippen LogP contribution is 2.13. The van der Waals surface area contributed by atoms with E-state index in [1.165, 1.54) is 18.2 Å². The third-order valence-electron chi connectivity index (χ3n) is 2.02. The van der Waals surface area contributed by atoms with Gasteiger partial charge in [-0.15, -0.1) is 0 Å². The normalized spacial score (nSPS) is 9.71. The summed E-state index contributed by atoms with van der Waals surface area (Å²) in [6, 6.07) is 13.7. The van der Waals surface area contributed by atoms with Crippen molar-refractivity contribution in [1.29, 1.82) is 0 Å². The average molecular weight is 232 g/mol. The maximum Gasteiger partial charge on any atom is 0.386 e. The predicted octanol–water partition coefficient (Wildman–Crippen LogP) is 2.98. The number of halogens is 1. The average Bonchev–Trinajstić information content (AvgIpc) is 2.37. The lowest BCUT2D eigenvalue weighted by molar-refractivity contribution is -0.149. The molecule has 17 heavy (non-hydrogen) atoms. The van der Waals surface area contributed by atoms with Crippen molar-refractivity contribution in [3.63, 3.8) is 0 Å². The molecular weight excluding hydrogens is 223 g/mol. The van der Waals surface area contributed by atoms with E-state index in [1.54, 1.807) is 30.3 Å². The van der Waals surface area contributed by atoms with Crippen molar-refractivity contribution in [2.75, 3.05) is 0 Å². The molecule has 0 heterocycles. The van der Waals surface area contributed by atoms with E-state index < -0.39 is 11.8 Å². The Morgan fingerprint density at radius 3 is 2.47 bits per heavy atom. The molecule has 0 aliphatic carbocycles. The Balaban J connectivity index is 1.97. The van der Waals surface area contributed by atoms with Gasteiger partial charge in [-0.25, -0.2) is 14.1 Å². The van der Waals surface area contributed by atoms with E-state index in [4.69, 9.17) is 4.89 Å². The van der Waals surface area contributed by atoms with Crippen LogP contribution < -0.4 is 4.89 Å². The van der Waals surface area contributed by atoms with Crippen LogP contribution in [0.3, 0.4) is 0 Å². The molecule has 0 spiro atoms. The van der Waals surface area contributed by atoms with Gasteiger partial charge in [-0.3, -0.25) is 4.89 Å². The number of hydrogen-bond donors (Lipinski definition) is 0. The first-order valence-electron chi connectivity index (χ1n) is 4.95. The molecule has 0 unspecified atom stereocenters. The lowest BCUT2D eigenvalue weighted by Gasteiger charge is -2.03. The van der Waals surface area contributed by atoms with E-state index in [0.29, 0.717) is 5.56 Å². The standard InChI is InChI=1S/C13H9FO3/c14-11-7-4-8-12(9-11)16-17-13(15)10-5-2-1-3-6-10/h1-9H. The zero-order valence-electron chi connectivity index (χ0n) is 8.80. The highest BCUT2D eigenvalue weighted by molar-refractivity contribution is 5.88. The van der Waals surface area contributed by atoms with Crippen LogP contribution in [0.25, 0.3) is 0 Å². The molecule has 0 aliphatic rings. The quantitative estimate of drug-likeness (QED) is 0.602. The summed E-state index contributed by atoms with van der Waals surface area (Å²) in [6.45, 7) is 0. The predicted molar refractivity (Wildman–Crippen MR) is 58.9 cm³/mol.